The third-order valence-electron chi connectivity index (χ3n) is 3.98. The van der Waals surface area contributed by atoms with Gasteiger partial charge in [0, 0.05) is 45.6 Å². The van der Waals surface area contributed by atoms with Crippen molar-refractivity contribution in [3.8, 4) is 0 Å². The molecule has 26 heavy (non-hydrogen) atoms. The minimum absolute atomic E-state index is 0.0148. The number of hydrogen-bond acceptors (Lipinski definition) is 6. The smallest absolute Gasteiger partial charge is 0.396 e. The number of ether oxygens (including phenoxy) is 1. The van der Waals surface area contributed by atoms with E-state index in [9.17, 15) is 21.6 Å². The van der Waals surface area contributed by atoms with Crippen LogP contribution in [0.2, 0.25) is 0 Å². The Balaban J connectivity index is 1.88. The molecule has 1 aliphatic heterocycles. The number of halogens is 3. The second kappa shape index (κ2) is 8.98. The highest BCUT2D eigenvalue weighted by Gasteiger charge is 2.32. The van der Waals surface area contributed by atoms with Crippen molar-refractivity contribution in [2.45, 2.75) is 12.6 Å². The van der Waals surface area contributed by atoms with Crippen molar-refractivity contribution in [2.24, 2.45) is 0 Å². The van der Waals surface area contributed by atoms with Gasteiger partial charge in [0.2, 0.25) is 10.0 Å². The molecular weight excluding hydrogens is 375 g/mol. The van der Waals surface area contributed by atoms with Gasteiger partial charge in [-0.05, 0) is 12.5 Å². The molecule has 0 aliphatic carbocycles. The van der Waals surface area contributed by atoms with Crippen LogP contribution in [0.15, 0.2) is 18.5 Å². The van der Waals surface area contributed by atoms with Crippen molar-refractivity contribution in [2.75, 3.05) is 56.7 Å². The molecule has 1 fully saturated rings. The van der Waals surface area contributed by atoms with E-state index in [1.807, 2.05) is 0 Å². The fraction of sp³-hybridized carbons (Fsp3) is 0.667. The zero-order valence-electron chi connectivity index (χ0n) is 14.2. The maximum Gasteiger partial charge on any atom is 0.417 e. The SMILES string of the molecule is O=S(=O)(CCOCCCO)N1CCN(c2cncc(C(F)(F)F)c2)CC1. The van der Waals surface area contributed by atoms with Gasteiger partial charge in [0.25, 0.3) is 0 Å². The Morgan fingerprint density at radius 3 is 2.46 bits per heavy atom. The molecule has 148 valence electrons. The molecular formula is C15H22F3N3O4S. The zero-order chi connectivity index (χ0) is 19.2. The molecule has 0 atom stereocenters. The summed E-state index contributed by atoms with van der Waals surface area (Å²) in [6.45, 7) is 1.27. The van der Waals surface area contributed by atoms with Crippen molar-refractivity contribution in [3.05, 3.63) is 24.0 Å². The average Bonchev–Trinajstić information content (AvgIpc) is 2.61. The summed E-state index contributed by atoms with van der Waals surface area (Å²) in [6.07, 6.45) is -1.91. The van der Waals surface area contributed by atoms with Crippen molar-refractivity contribution < 1.29 is 31.4 Å². The number of aliphatic hydroxyl groups is 1. The first-order valence-corrected chi connectivity index (χ1v) is 9.78. The minimum Gasteiger partial charge on any atom is -0.396 e. The number of piperazine rings is 1. The molecule has 0 spiro atoms. The van der Waals surface area contributed by atoms with E-state index >= 15 is 0 Å². The van der Waals surface area contributed by atoms with Gasteiger partial charge in [0.15, 0.2) is 0 Å². The van der Waals surface area contributed by atoms with Crippen LogP contribution in [-0.2, 0) is 20.9 Å². The summed E-state index contributed by atoms with van der Waals surface area (Å²) < 4.78 is 69.3. The van der Waals surface area contributed by atoms with Crippen molar-refractivity contribution >= 4 is 15.7 Å². The molecule has 0 amide bonds. The number of sulfonamides is 1. The molecule has 0 unspecified atom stereocenters. The molecule has 2 rings (SSSR count). The van der Waals surface area contributed by atoms with Gasteiger partial charge in [-0.15, -0.1) is 0 Å². The predicted molar refractivity (Wildman–Crippen MR) is 89.3 cm³/mol. The molecule has 1 saturated heterocycles. The quantitative estimate of drug-likeness (QED) is 0.658. The van der Waals surface area contributed by atoms with E-state index in [1.54, 1.807) is 4.90 Å². The van der Waals surface area contributed by atoms with Gasteiger partial charge in [0.05, 0.1) is 29.8 Å². The van der Waals surface area contributed by atoms with Crippen LogP contribution in [0, 0.1) is 0 Å². The molecule has 11 heteroatoms. The zero-order valence-corrected chi connectivity index (χ0v) is 15.0. The largest absolute Gasteiger partial charge is 0.417 e. The Bertz CT molecular complexity index is 677. The first-order valence-electron chi connectivity index (χ1n) is 8.17. The monoisotopic (exact) mass is 397 g/mol. The Morgan fingerprint density at radius 2 is 1.85 bits per heavy atom. The molecule has 1 N–H and O–H groups in total. The Kier molecular flexibility index (Phi) is 7.21. The lowest BCUT2D eigenvalue weighted by molar-refractivity contribution is -0.137. The molecule has 7 nitrogen and oxygen atoms in total. The predicted octanol–water partition coefficient (Wildman–Crippen LogP) is 0.951. The van der Waals surface area contributed by atoms with E-state index in [0.29, 0.717) is 18.7 Å². The Morgan fingerprint density at radius 1 is 1.15 bits per heavy atom. The van der Waals surface area contributed by atoms with Gasteiger partial charge in [-0.2, -0.15) is 17.5 Å². The van der Waals surface area contributed by atoms with E-state index in [-0.39, 0.29) is 45.1 Å². The van der Waals surface area contributed by atoms with E-state index < -0.39 is 21.8 Å². The van der Waals surface area contributed by atoms with Gasteiger partial charge < -0.3 is 14.7 Å². The lowest BCUT2D eigenvalue weighted by atomic mass is 10.2. The summed E-state index contributed by atoms with van der Waals surface area (Å²) in [4.78, 5) is 5.32. The summed E-state index contributed by atoms with van der Waals surface area (Å²) in [5.74, 6) is -0.163. The van der Waals surface area contributed by atoms with Crippen molar-refractivity contribution in [3.63, 3.8) is 0 Å². The van der Waals surface area contributed by atoms with E-state index in [2.05, 4.69) is 4.98 Å². The number of nitrogens with zero attached hydrogens (tertiary/aromatic N) is 3. The van der Waals surface area contributed by atoms with Gasteiger partial charge >= 0.3 is 6.18 Å². The molecule has 0 bridgehead atoms. The average molecular weight is 397 g/mol. The summed E-state index contributed by atoms with van der Waals surface area (Å²) in [5, 5.41) is 8.63. The van der Waals surface area contributed by atoms with Crippen LogP contribution in [0.25, 0.3) is 0 Å². The Hall–Kier alpha value is -1.43. The Labute approximate surface area is 150 Å². The van der Waals surface area contributed by atoms with Gasteiger partial charge in [-0.25, -0.2) is 8.42 Å². The number of hydrogen-bond donors (Lipinski definition) is 1. The summed E-state index contributed by atoms with van der Waals surface area (Å²) >= 11 is 0. The standard InChI is InChI=1S/C15H22F3N3O4S/c16-15(17,18)13-10-14(12-19-11-13)20-2-4-21(5-3-20)26(23,24)9-8-25-7-1-6-22/h10-12,22H,1-9H2. The molecule has 0 radical (unpaired) electrons. The van der Waals surface area contributed by atoms with Gasteiger partial charge in [-0.3, -0.25) is 4.98 Å². The number of aliphatic hydroxyl groups excluding tert-OH is 1. The topological polar surface area (TPSA) is 83.0 Å². The fourth-order valence-corrected chi connectivity index (χ4v) is 3.85. The van der Waals surface area contributed by atoms with E-state index in [1.165, 1.54) is 10.5 Å². The highest BCUT2D eigenvalue weighted by Crippen LogP contribution is 2.31. The minimum atomic E-state index is -4.47. The second-order valence-corrected chi connectivity index (χ2v) is 7.91. The summed E-state index contributed by atoms with van der Waals surface area (Å²) in [6, 6.07) is 1.02. The summed E-state index contributed by atoms with van der Waals surface area (Å²) in [5.41, 5.74) is -0.505. The highest BCUT2D eigenvalue weighted by molar-refractivity contribution is 7.89. The van der Waals surface area contributed by atoms with Crippen LogP contribution in [0.5, 0.6) is 0 Å². The van der Waals surface area contributed by atoms with Gasteiger partial charge in [-0.1, -0.05) is 0 Å². The lowest BCUT2D eigenvalue weighted by Crippen LogP contribution is -2.49. The summed E-state index contributed by atoms with van der Waals surface area (Å²) in [7, 11) is -3.48. The fourth-order valence-electron chi connectivity index (χ4n) is 2.54. The van der Waals surface area contributed by atoms with Crippen LogP contribution in [-0.4, -0.2) is 74.6 Å². The first-order chi connectivity index (χ1) is 12.2. The van der Waals surface area contributed by atoms with E-state index in [4.69, 9.17) is 9.84 Å². The highest BCUT2D eigenvalue weighted by atomic mass is 32.2. The second-order valence-electron chi connectivity index (χ2n) is 5.82. The number of rotatable bonds is 8. The van der Waals surface area contributed by atoms with E-state index in [0.717, 1.165) is 12.3 Å². The van der Waals surface area contributed by atoms with Gasteiger partial charge in [0.1, 0.15) is 0 Å². The van der Waals surface area contributed by atoms with Crippen LogP contribution in [0.3, 0.4) is 0 Å². The maximum atomic E-state index is 12.8. The van der Waals surface area contributed by atoms with Crippen LogP contribution < -0.4 is 4.90 Å². The molecule has 0 aromatic carbocycles. The van der Waals surface area contributed by atoms with Crippen molar-refractivity contribution in [1.82, 2.24) is 9.29 Å². The lowest BCUT2D eigenvalue weighted by Gasteiger charge is -2.35. The number of anilines is 1. The molecule has 1 aliphatic rings. The third-order valence-corrected chi connectivity index (χ3v) is 5.82. The third kappa shape index (κ3) is 5.79. The maximum absolute atomic E-state index is 12.8. The van der Waals surface area contributed by atoms with Crippen LogP contribution >= 0.6 is 0 Å². The normalized spacial score (nSPS) is 16.8. The van der Waals surface area contributed by atoms with Crippen LogP contribution in [0.4, 0.5) is 18.9 Å². The number of aromatic nitrogens is 1. The van der Waals surface area contributed by atoms with Crippen LogP contribution in [0.1, 0.15) is 12.0 Å². The molecule has 1 aromatic rings. The number of pyridine rings is 1. The van der Waals surface area contributed by atoms with Crippen molar-refractivity contribution in [1.29, 1.82) is 0 Å². The molecule has 1 aromatic heterocycles. The first kappa shape index (κ1) is 20.9. The molecule has 2 heterocycles. The molecule has 0 saturated carbocycles. The number of alkyl halides is 3.